The van der Waals surface area contributed by atoms with Crippen molar-refractivity contribution >= 4 is 38.2 Å². The van der Waals surface area contributed by atoms with Gasteiger partial charge in [-0.2, -0.15) is 0 Å². The number of hydrogen-bond acceptors (Lipinski definition) is 5. The molecule has 0 unspecified atom stereocenters. The summed E-state index contributed by atoms with van der Waals surface area (Å²) in [5.74, 6) is -2.39. The van der Waals surface area contributed by atoms with E-state index in [0.717, 1.165) is 18.1 Å². The molecule has 37 heavy (non-hydrogen) atoms. The van der Waals surface area contributed by atoms with Crippen molar-refractivity contribution in [2.75, 3.05) is 0 Å². The van der Waals surface area contributed by atoms with Crippen LogP contribution >= 0.6 is 7.37 Å². The smallest absolute Gasteiger partial charge is 0.356 e. The van der Waals surface area contributed by atoms with E-state index in [1.54, 1.807) is 48.5 Å². The maximum absolute atomic E-state index is 14.5. The monoisotopic (exact) mass is 541 g/mol. The summed E-state index contributed by atoms with van der Waals surface area (Å²) in [6, 6.07) is 20.1. The van der Waals surface area contributed by atoms with Gasteiger partial charge < -0.3 is 14.1 Å². The zero-order valence-corrected chi connectivity index (χ0v) is 24.0. The Morgan fingerprint density at radius 2 is 1.49 bits per heavy atom. The number of nitrogens with zero attached hydrogens (tertiary/aromatic N) is 1. The molecule has 4 atom stereocenters. The predicted octanol–water partition coefficient (Wildman–Crippen LogP) is 5.12. The molecule has 1 N–H and O–H groups in total. The van der Waals surface area contributed by atoms with Crippen molar-refractivity contribution in [3.05, 3.63) is 72.1 Å². The number of aliphatic carboxylic acids is 1. The second-order valence-electron chi connectivity index (χ2n) is 9.91. The maximum Gasteiger partial charge on any atom is 0.356 e. The van der Waals surface area contributed by atoms with E-state index in [9.17, 15) is 19.3 Å². The summed E-state index contributed by atoms with van der Waals surface area (Å²) < 4.78 is 27.5. The first-order chi connectivity index (χ1) is 17.6. The van der Waals surface area contributed by atoms with Gasteiger partial charge in [-0.05, 0) is 49.3 Å². The molecule has 1 amide bonds. The van der Waals surface area contributed by atoms with Crippen LogP contribution in [0.4, 0.5) is 0 Å². The van der Waals surface area contributed by atoms with Crippen LogP contribution in [0.25, 0.3) is 0 Å². The number of benzene rings is 2. The number of carboxylic acid groups (broad SMARTS) is 1. The van der Waals surface area contributed by atoms with E-state index in [2.05, 4.69) is 20.8 Å². The predicted molar refractivity (Wildman–Crippen MR) is 147 cm³/mol. The summed E-state index contributed by atoms with van der Waals surface area (Å²) >= 11 is 0. The lowest BCUT2D eigenvalue weighted by molar-refractivity contribution is -0.162. The van der Waals surface area contributed by atoms with E-state index >= 15 is 0 Å². The van der Waals surface area contributed by atoms with Crippen LogP contribution in [-0.2, 0) is 23.1 Å². The highest BCUT2D eigenvalue weighted by Gasteiger charge is 2.62. The fourth-order valence-electron chi connectivity index (χ4n) is 5.74. The molecule has 7 nitrogen and oxygen atoms in total. The molecule has 0 spiro atoms. The topological polar surface area (TPSA) is 93.1 Å². The van der Waals surface area contributed by atoms with Crippen LogP contribution < -0.4 is 10.6 Å². The van der Waals surface area contributed by atoms with E-state index in [-0.39, 0.29) is 23.5 Å². The van der Waals surface area contributed by atoms with E-state index in [1.807, 2.05) is 26.0 Å². The molecule has 0 aliphatic carbocycles. The van der Waals surface area contributed by atoms with Gasteiger partial charge in [-0.1, -0.05) is 64.1 Å². The Hall–Kier alpha value is -2.67. The van der Waals surface area contributed by atoms with Crippen molar-refractivity contribution in [3.8, 4) is 0 Å². The third-order valence-electron chi connectivity index (χ3n) is 8.09. The normalized spacial score (nSPS) is 22.5. The highest BCUT2D eigenvalue weighted by Crippen LogP contribution is 2.55. The Labute approximate surface area is 220 Å². The van der Waals surface area contributed by atoms with Gasteiger partial charge in [0, 0.05) is 5.92 Å². The fraction of sp³-hybridized carbons (Fsp3) is 0.429. The van der Waals surface area contributed by atoms with Crippen molar-refractivity contribution in [2.24, 2.45) is 11.8 Å². The number of carbonyl (C=O) groups excluding carboxylic acids is 1. The number of amides is 1. The van der Waals surface area contributed by atoms with Crippen LogP contribution in [0.1, 0.15) is 34.6 Å². The Morgan fingerprint density at radius 3 is 1.92 bits per heavy atom. The Bertz CT molecular complexity index is 1180. The Balaban J connectivity index is 1.72. The molecule has 1 saturated heterocycles. The molecule has 2 aromatic carbocycles. The summed E-state index contributed by atoms with van der Waals surface area (Å²) in [4.78, 5) is 27.2. The maximum atomic E-state index is 14.5. The first-order valence-electron chi connectivity index (χ1n) is 13.0. The zero-order valence-electron chi connectivity index (χ0n) is 22.1. The molecule has 4 rings (SSSR count). The van der Waals surface area contributed by atoms with Gasteiger partial charge in [0.2, 0.25) is 5.91 Å². The standard InChI is InChI=1S/C28H36NO6PSi/c1-6-37(7-2,8-3)35-20(5)23-24-19(4)26(25(28(31)32)29(24)27(23)30)34-36(33,21-15-11-9-12-16-21)22-17-13-10-14-18-22/h9-20,23-24H,6-8H2,1-5H3,(H,31,32)/t19-,20-,23-,24-/m1/s1. The summed E-state index contributed by atoms with van der Waals surface area (Å²) in [5, 5.41) is 11.1. The van der Waals surface area contributed by atoms with Gasteiger partial charge in [0.1, 0.15) is 5.76 Å². The van der Waals surface area contributed by atoms with Crippen LogP contribution in [0.2, 0.25) is 18.1 Å². The lowest BCUT2D eigenvalue weighted by Crippen LogP contribution is -2.65. The van der Waals surface area contributed by atoms with Gasteiger partial charge in [0.05, 0.1) is 28.7 Å². The van der Waals surface area contributed by atoms with Gasteiger partial charge in [0.25, 0.3) is 0 Å². The van der Waals surface area contributed by atoms with Crippen LogP contribution in [0.5, 0.6) is 0 Å². The molecule has 2 aliphatic rings. The SMILES string of the molecule is CC[Si](CC)(CC)O[C@H](C)[C@H]1C(=O)N2C(C(=O)O)=C(OP(=O)(c3ccccc3)c3ccccc3)[C@H](C)[C@H]12. The van der Waals surface area contributed by atoms with E-state index < -0.39 is 39.5 Å². The van der Waals surface area contributed by atoms with Crippen LogP contribution in [0, 0.1) is 11.8 Å². The number of β-lactam (4-membered cyclic amide) rings is 1. The van der Waals surface area contributed by atoms with E-state index in [4.69, 9.17) is 8.95 Å². The first kappa shape index (κ1) is 27.4. The Kier molecular flexibility index (Phi) is 7.84. The molecule has 198 valence electrons. The largest absolute Gasteiger partial charge is 0.476 e. The minimum absolute atomic E-state index is 0.0848. The average molecular weight is 542 g/mol. The highest BCUT2D eigenvalue weighted by molar-refractivity contribution is 7.74. The molecule has 9 heteroatoms. The van der Waals surface area contributed by atoms with Crippen LogP contribution in [0.15, 0.2) is 72.1 Å². The first-order valence-corrected chi connectivity index (χ1v) is 17.2. The number of carbonyl (C=O) groups is 2. The molecule has 2 aliphatic heterocycles. The molecule has 0 radical (unpaired) electrons. The molecule has 0 bridgehead atoms. The second-order valence-corrected chi connectivity index (χ2v) is 17.0. The molecule has 0 aromatic heterocycles. The van der Waals surface area contributed by atoms with E-state index in [0.29, 0.717) is 10.6 Å². The van der Waals surface area contributed by atoms with Gasteiger partial charge in [0.15, 0.2) is 14.0 Å². The fourth-order valence-corrected chi connectivity index (χ4v) is 10.8. The lowest BCUT2D eigenvalue weighted by Gasteiger charge is -2.48. The number of fused-ring (bicyclic) bond motifs is 1. The second kappa shape index (κ2) is 10.6. The summed E-state index contributed by atoms with van der Waals surface area (Å²) in [6.07, 6.45) is -0.341. The van der Waals surface area contributed by atoms with Crippen molar-refractivity contribution in [1.82, 2.24) is 4.90 Å². The van der Waals surface area contributed by atoms with Gasteiger partial charge in [-0.15, -0.1) is 0 Å². The number of carboxylic acids is 1. The van der Waals surface area contributed by atoms with Gasteiger partial charge in [-0.3, -0.25) is 14.3 Å². The quantitative estimate of drug-likeness (QED) is 0.241. The van der Waals surface area contributed by atoms with Crippen molar-refractivity contribution in [3.63, 3.8) is 0 Å². The van der Waals surface area contributed by atoms with Crippen LogP contribution in [-0.4, -0.2) is 42.3 Å². The lowest BCUT2D eigenvalue weighted by atomic mass is 9.79. The van der Waals surface area contributed by atoms with Gasteiger partial charge >= 0.3 is 13.3 Å². The number of rotatable bonds is 11. The van der Waals surface area contributed by atoms with Crippen molar-refractivity contribution < 1.29 is 28.2 Å². The molecule has 2 heterocycles. The molecular weight excluding hydrogens is 505 g/mol. The van der Waals surface area contributed by atoms with Gasteiger partial charge in [-0.25, -0.2) is 4.79 Å². The zero-order chi connectivity index (χ0) is 27.0. The average Bonchev–Trinajstić information content (AvgIpc) is 3.16. The van der Waals surface area contributed by atoms with Crippen molar-refractivity contribution in [2.45, 2.75) is 64.9 Å². The third-order valence-corrected chi connectivity index (χ3v) is 15.2. The molecular formula is C28H36NO6PSi. The molecule has 2 aromatic rings. The third kappa shape index (κ3) is 4.60. The summed E-state index contributed by atoms with van der Waals surface area (Å²) in [6.45, 7) is 10.2. The molecule has 0 saturated carbocycles. The summed E-state index contributed by atoms with van der Waals surface area (Å²) in [5.41, 5.74) is -0.219. The minimum atomic E-state index is -3.71. The number of hydrogen-bond donors (Lipinski definition) is 1. The van der Waals surface area contributed by atoms with Crippen LogP contribution in [0.3, 0.4) is 0 Å². The molecule has 1 fully saturated rings. The summed E-state index contributed by atoms with van der Waals surface area (Å²) in [7, 11) is -5.69. The van der Waals surface area contributed by atoms with Crippen molar-refractivity contribution in [1.29, 1.82) is 0 Å². The minimum Gasteiger partial charge on any atom is -0.476 e. The highest BCUT2D eigenvalue weighted by atomic mass is 31.2. The Morgan fingerprint density at radius 1 is 1.00 bits per heavy atom. The van der Waals surface area contributed by atoms with E-state index in [1.165, 1.54) is 4.90 Å².